The number of carbonyl (C=O) groups is 1. The van der Waals surface area contributed by atoms with Crippen molar-refractivity contribution in [3.8, 4) is 5.88 Å². The van der Waals surface area contributed by atoms with E-state index in [1.807, 2.05) is 12.1 Å². The van der Waals surface area contributed by atoms with Gasteiger partial charge in [-0.3, -0.25) is 0 Å². The molecule has 2 atom stereocenters. The smallest absolute Gasteiger partial charge is 0.404 e. The number of carbonyl (C=O) groups excluding carboxylic acids is 1. The van der Waals surface area contributed by atoms with Gasteiger partial charge in [-0.2, -0.15) is 0 Å². The van der Waals surface area contributed by atoms with Crippen molar-refractivity contribution in [3.05, 3.63) is 42.1 Å². The third-order valence-corrected chi connectivity index (χ3v) is 4.79. The van der Waals surface area contributed by atoms with Crippen LogP contribution in [-0.4, -0.2) is 45.3 Å². The van der Waals surface area contributed by atoms with E-state index in [-0.39, 0.29) is 12.6 Å². The highest BCUT2D eigenvalue weighted by Gasteiger charge is 2.31. The van der Waals surface area contributed by atoms with Gasteiger partial charge in [-0.15, -0.1) is 0 Å². The van der Waals surface area contributed by atoms with E-state index in [0.29, 0.717) is 17.1 Å². The highest BCUT2D eigenvalue weighted by atomic mass is 19.1. The number of H-pyrrole nitrogens is 1. The number of nitrogens with one attached hydrogen (secondary N) is 1. The quantitative estimate of drug-likeness (QED) is 0.653. The molecule has 0 saturated carbocycles. The van der Waals surface area contributed by atoms with Gasteiger partial charge in [0.1, 0.15) is 29.9 Å². The molecule has 3 aromatic heterocycles. The molecule has 29 heavy (non-hydrogen) atoms. The van der Waals surface area contributed by atoms with Crippen molar-refractivity contribution in [1.82, 2.24) is 19.9 Å². The van der Waals surface area contributed by atoms with E-state index in [9.17, 15) is 9.18 Å². The van der Waals surface area contributed by atoms with Gasteiger partial charge in [0.25, 0.3) is 0 Å². The minimum atomic E-state index is -0.879. The van der Waals surface area contributed by atoms with Crippen LogP contribution in [0, 0.1) is 5.82 Å². The number of aromatic nitrogens is 4. The number of primary amides is 1. The summed E-state index contributed by atoms with van der Waals surface area (Å²) in [7, 11) is 0. The van der Waals surface area contributed by atoms with Crippen LogP contribution in [0.5, 0.6) is 5.88 Å². The number of pyridine rings is 2. The summed E-state index contributed by atoms with van der Waals surface area (Å²) in [5, 5.41) is 0. The Bertz CT molecular complexity index is 1030. The number of hydrogen-bond donors (Lipinski definition) is 2. The second-order valence-electron chi connectivity index (χ2n) is 6.90. The molecule has 4 heterocycles. The SMILES string of the molecule is C[C@H](COc1ncc(F)cc1[C@H]1CCCN1c1ccc2nc[nH]c2n1)OC(N)=O. The van der Waals surface area contributed by atoms with Crippen LogP contribution in [0.15, 0.2) is 30.7 Å². The fourth-order valence-electron chi connectivity index (χ4n) is 3.57. The molecule has 1 saturated heterocycles. The number of anilines is 1. The van der Waals surface area contributed by atoms with Gasteiger partial charge in [-0.05, 0) is 38.0 Å². The minimum Gasteiger partial charge on any atom is -0.473 e. The molecule has 0 bridgehead atoms. The fraction of sp³-hybridized carbons (Fsp3) is 0.368. The van der Waals surface area contributed by atoms with Gasteiger partial charge in [0.2, 0.25) is 5.88 Å². The lowest BCUT2D eigenvalue weighted by Gasteiger charge is -2.27. The number of ether oxygens (including phenoxy) is 2. The zero-order valence-electron chi connectivity index (χ0n) is 15.8. The third-order valence-electron chi connectivity index (χ3n) is 4.79. The van der Waals surface area contributed by atoms with E-state index in [4.69, 9.17) is 15.2 Å². The highest BCUT2D eigenvalue weighted by Crippen LogP contribution is 2.39. The Morgan fingerprint density at radius 3 is 3.14 bits per heavy atom. The van der Waals surface area contributed by atoms with E-state index in [2.05, 4.69) is 24.8 Å². The first kappa shape index (κ1) is 18.9. The summed E-state index contributed by atoms with van der Waals surface area (Å²) in [6.45, 7) is 2.48. The molecule has 0 unspecified atom stereocenters. The first-order valence-corrected chi connectivity index (χ1v) is 9.32. The lowest BCUT2D eigenvalue weighted by molar-refractivity contribution is 0.0803. The van der Waals surface area contributed by atoms with Gasteiger partial charge >= 0.3 is 6.09 Å². The molecule has 0 aliphatic carbocycles. The number of rotatable bonds is 6. The molecule has 9 nitrogen and oxygen atoms in total. The zero-order chi connectivity index (χ0) is 20.4. The van der Waals surface area contributed by atoms with Crippen LogP contribution >= 0.6 is 0 Å². The molecule has 152 valence electrons. The Morgan fingerprint density at radius 1 is 1.45 bits per heavy atom. The first-order chi connectivity index (χ1) is 14.0. The molecule has 0 radical (unpaired) electrons. The Labute approximate surface area is 166 Å². The van der Waals surface area contributed by atoms with Crippen LogP contribution in [0.3, 0.4) is 0 Å². The summed E-state index contributed by atoms with van der Waals surface area (Å²) < 4.78 is 24.6. The van der Waals surface area contributed by atoms with E-state index in [0.717, 1.165) is 36.9 Å². The molecule has 3 N–H and O–H groups in total. The van der Waals surface area contributed by atoms with Crippen LogP contribution in [0.1, 0.15) is 31.4 Å². The monoisotopic (exact) mass is 400 g/mol. The number of amides is 1. The van der Waals surface area contributed by atoms with E-state index in [1.54, 1.807) is 13.3 Å². The number of nitrogens with two attached hydrogens (primary N) is 1. The lowest BCUT2D eigenvalue weighted by atomic mass is 10.1. The number of halogens is 1. The number of hydrogen-bond acceptors (Lipinski definition) is 7. The van der Waals surface area contributed by atoms with Crippen LogP contribution in [0.2, 0.25) is 0 Å². The van der Waals surface area contributed by atoms with Gasteiger partial charge in [0.15, 0.2) is 5.65 Å². The Balaban J connectivity index is 1.60. The molecular weight excluding hydrogens is 379 g/mol. The van der Waals surface area contributed by atoms with Crippen molar-refractivity contribution in [2.75, 3.05) is 18.1 Å². The third kappa shape index (κ3) is 4.05. The molecular formula is C19H21FN6O3. The minimum absolute atomic E-state index is 0.0552. The average molecular weight is 400 g/mol. The summed E-state index contributed by atoms with van der Waals surface area (Å²) in [4.78, 5) is 28.9. The molecule has 1 amide bonds. The van der Waals surface area contributed by atoms with Gasteiger partial charge < -0.3 is 25.1 Å². The standard InChI is InChI=1S/C19H21FN6O3/c1-11(29-19(21)27)9-28-18-13(7-12(20)8-22-18)15-3-2-6-26(15)16-5-4-14-17(25-16)24-10-23-14/h4-5,7-8,10-11,15H,2-3,6,9H2,1H3,(H2,21,27)(H,23,24,25)/t11-,15-/m1/s1. The summed E-state index contributed by atoms with van der Waals surface area (Å²) in [5.41, 5.74) is 7.12. The van der Waals surface area contributed by atoms with E-state index >= 15 is 0 Å². The van der Waals surface area contributed by atoms with Crippen LogP contribution in [-0.2, 0) is 4.74 Å². The van der Waals surface area contributed by atoms with Crippen LogP contribution in [0.25, 0.3) is 11.2 Å². The fourth-order valence-corrected chi connectivity index (χ4v) is 3.57. The topological polar surface area (TPSA) is 119 Å². The van der Waals surface area contributed by atoms with Gasteiger partial charge in [0.05, 0.1) is 18.6 Å². The Morgan fingerprint density at radius 2 is 2.31 bits per heavy atom. The Kier molecular flexibility index (Phi) is 5.15. The molecule has 0 spiro atoms. The average Bonchev–Trinajstić information content (AvgIpc) is 3.35. The second kappa shape index (κ2) is 7.90. The lowest BCUT2D eigenvalue weighted by Crippen LogP contribution is -2.27. The molecule has 0 aromatic carbocycles. The van der Waals surface area contributed by atoms with Crippen molar-refractivity contribution in [2.45, 2.75) is 31.9 Å². The molecule has 1 fully saturated rings. The molecule has 1 aliphatic rings. The zero-order valence-corrected chi connectivity index (χ0v) is 15.8. The Hall–Kier alpha value is -3.43. The predicted octanol–water partition coefficient (Wildman–Crippen LogP) is 2.70. The number of fused-ring (bicyclic) bond motifs is 1. The van der Waals surface area contributed by atoms with Gasteiger partial charge in [-0.1, -0.05) is 0 Å². The van der Waals surface area contributed by atoms with Gasteiger partial charge in [-0.25, -0.2) is 24.1 Å². The van der Waals surface area contributed by atoms with E-state index < -0.39 is 18.0 Å². The largest absolute Gasteiger partial charge is 0.473 e. The van der Waals surface area contributed by atoms with Crippen molar-refractivity contribution in [1.29, 1.82) is 0 Å². The predicted molar refractivity (Wildman–Crippen MR) is 103 cm³/mol. The summed E-state index contributed by atoms with van der Waals surface area (Å²) in [6.07, 6.45) is 2.99. The molecule has 3 aromatic rings. The summed E-state index contributed by atoms with van der Waals surface area (Å²) >= 11 is 0. The highest BCUT2D eigenvalue weighted by molar-refractivity contribution is 5.72. The van der Waals surface area contributed by atoms with Crippen molar-refractivity contribution >= 4 is 23.1 Å². The maximum atomic E-state index is 14.0. The van der Waals surface area contributed by atoms with Gasteiger partial charge in [0, 0.05) is 12.1 Å². The maximum Gasteiger partial charge on any atom is 0.404 e. The van der Waals surface area contributed by atoms with Crippen LogP contribution in [0.4, 0.5) is 15.0 Å². The second-order valence-corrected chi connectivity index (χ2v) is 6.90. The molecule has 1 aliphatic heterocycles. The summed E-state index contributed by atoms with van der Waals surface area (Å²) in [6, 6.07) is 5.08. The van der Waals surface area contributed by atoms with Crippen molar-refractivity contribution in [3.63, 3.8) is 0 Å². The van der Waals surface area contributed by atoms with Crippen LogP contribution < -0.4 is 15.4 Å². The first-order valence-electron chi connectivity index (χ1n) is 9.32. The molecule has 4 rings (SSSR count). The molecule has 10 heteroatoms. The number of nitrogens with zero attached hydrogens (tertiary/aromatic N) is 4. The number of aromatic amines is 1. The maximum absolute atomic E-state index is 14.0. The van der Waals surface area contributed by atoms with E-state index in [1.165, 1.54) is 6.07 Å². The summed E-state index contributed by atoms with van der Waals surface area (Å²) in [5.74, 6) is 0.619. The number of imidazole rings is 1. The normalized spacial score (nSPS) is 17.4. The van der Waals surface area contributed by atoms with Crippen molar-refractivity contribution in [2.24, 2.45) is 5.73 Å². The van der Waals surface area contributed by atoms with Crippen molar-refractivity contribution < 1.29 is 18.7 Å².